The minimum Gasteiger partial charge on any atom is -0.480 e. The Kier molecular flexibility index (Phi) is 5.59. The number of hydrogen-bond acceptors (Lipinski definition) is 5. The van der Waals surface area contributed by atoms with E-state index in [2.05, 4.69) is 16.0 Å². The Bertz CT molecular complexity index is 490. The lowest BCUT2D eigenvalue weighted by molar-refractivity contribution is -0.139. The van der Waals surface area contributed by atoms with Gasteiger partial charge in [-0.15, -0.1) is 0 Å². The summed E-state index contributed by atoms with van der Waals surface area (Å²) in [6.07, 6.45) is 2.94. The minimum atomic E-state index is -0.865. The van der Waals surface area contributed by atoms with Gasteiger partial charge in [-0.1, -0.05) is 30.3 Å². The molecule has 1 heterocycles. The Morgan fingerprint density at radius 2 is 2.10 bits per heavy atom. The van der Waals surface area contributed by atoms with E-state index in [1.165, 1.54) is 0 Å². The van der Waals surface area contributed by atoms with Gasteiger partial charge in [-0.2, -0.15) is 0 Å². The van der Waals surface area contributed by atoms with Gasteiger partial charge < -0.3 is 21.5 Å². The van der Waals surface area contributed by atoms with Crippen LogP contribution in [0.4, 0.5) is 0 Å². The molecule has 0 spiro atoms. The molecule has 0 fully saturated rings. The van der Waals surface area contributed by atoms with Gasteiger partial charge in [0.2, 0.25) is 0 Å². The van der Waals surface area contributed by atoms with E-state index in [1.807, 2.05) is 36.5 Å². The fourth-order valence-corrected chi connectivity index (χ4v) is 2.35. The molecule has 2 atom stereocenters. The third-order valence-electron chi connectivity index (χ3n) is 3.46. The van der Waals surface area contributed by atoms with Crippen LogP contribution in [0.1, 0.15) is 12.0 Å². The first kappa shape index (κ1) is 15.3. The van der Waals surface area contributed by atoms with Crippen LogP contribution in [0.15, 0.2) is 42.2 Å². The van der Waals surface area contributed by atoms with Crippen LogP contribution in [0, 0.1) is 0 Å². The van der Waals surface area contributed by atoms with Crippen LogP contribution in [0.25, 0.3) is 0 Å². The zero-order chi connectivity index (χ0) is 15.1. The number of hydrogen-bond donors (Lipinski definition) is 5. The first-order chi connectivity index (χ1) is 10.2. The minimum absolute atomic E-state index is 0.0662. The third kappa shape index (κ3) is 4.77. The third-order valence-corrected chi connectivity index (χ3v) is 3.46. The molecule has 0 bridgehead atoms. The number of nitrogens with two attached hydrogens (primary N) is 1. The molecule has 0 radical (unpaired) electrons. The molecular weight excluding hydrogens is 268 g/mol. The lowest BCUT2D eigenvalue weighted by atomic mass is 10.0. The molecule has 2 rings (SSSR count). The lowest BCUT2D eigenvalue weighted by Gasteiger charge is -2.22. The number of carbonyl (C=O) groups is 1. The van der Waals surface area contributed by atoms with Crippen LogP contribution in [0.5, 0.6) is 0 Å². The van der Waals surface area contributed by atoms with Gasteiger partial charge in [-0.3, -0.25) is 10.1 Å². The highest BCUT2D eigenvalue weighted by Gasteiger charge is 2.23. The molecule has 0 saturated heterocycles. The van der Waals surface area contributed by atoms with Gasteiger partial charge in [0.15, 0.2) is 0 Å². The SMILES string of the molecule is NCC(Cc1ccccc1)N[C@@H](CC1=CNCN1)C(=O)O. The van der Waals surface area contributed by atoms with Gasteiger partial charge >= 0.3 is 5.97 Å². The first-order valence-electron chi connectivity index (χ1n) is 7.08. The molecule has 1 aromatic rings. The van der Waals surface area contributed by atoms with Gasteiger partial charge in [0, 0.05) is 30.9 Å². The fraction of sp³-hybridized carbons (Fsp3) is 0.400. The summed E-state index contributed by atoms with van der Waals surface area (Å²) in [5.41, 5.74) is 7.82. The number of carboxylic acids is 1. The summed E-state index contributed by atoms with van der Waals surface area (Å²) >= 11 is 0. The predicted molar refractivity (Wildman–Crippen MR) is 81.4 cm³/mol. The highest BCUT2D eigenvalue weighted by atomic mass is 16.4. The summed E-state index contributed by atoms with van der Waals surface area (Å²) < 4.78 is 0. The molecule has 6 nitrogen and oxygen atoms in total. The van der Waals surface area contributed by atoms with Crippen LogP contribution < -0.4 is 21.7 Å². The van der Waals surface area contributed by atoms with Crippen molar-refractivity contribution in [2.75, 3.05) is 13.2 Å². The van der Waals surface area contributed by atoms with Crippen molar-refractivity contribution in [2.45, 2.75) is 24.9 Å². The standard InChI is InChI=1S/C15H22N4O2/c16-8-12(6-11-4-2-1-3-5-11)19-14(15(20)21)7-13-9-17-10-18-13/h1-5,9,12,14,17-19H,6-8,10,16H2,(H,20,21)/t12?,14-/m0/s1. The molecule has 0 aliphatic carbocycles. The van der Waals surface area contributed by atoms with Gasteiger partial charge in [0.05, 0.1) is 6.67 Å². The zero-order valence-corrected chi connectivity index (χ0v) is 11.9. The van der Waals surface area contributed by atoms with Crippen molar-refractivity contribution in [3.63, 3.8) is 0 Å². The fourth-order valence-electron chi connectivity index (χ4n) is 2.35. The maximum Gasteiger partial charge on any atom is 0.321 e. The Hall–Kier alpha value is -2.05. The van der Waals surface area contributed by atoms with Gasteiger partial charge in [0.1, 0.15) is 6.04 Å². The van der Waals surface area contributed by atoms with Crippen molar-refractivity contribution in [3.05, 3.63) is 47.8 Å². The van der Waals surface area contributed by atoms with Crippen LogP contribution in [-0.2, 0) is 11.2 Å². The Morgan fingerprint density at radius 1 is 1.33 bits per heavy atom. The predicted octanol–water partition coefficient (Wildman–Crippen LogP) is -0.0190. The molecule has 21 heavy (non-hydrogen) atoms. The largest absolute Gasteiger partial charge is 0.480 e. The van der Waals surface area contributed by atoms with E-state index in [0.29, 0.717) is 26.1 Å². The quantitative estimate of drug-likeness (QED) is 0.461. The normalized spacial score (nSPS) is 16.5. The highest BCUT2D eigenvalue weighted by molar-refractivity contribution is 5.74. The summed E-state index contributed by atoms with van der Waals surface area (Å²) in [5, 5.41) is 18.6. The maximum atomic E-state index is 11.4. The van der Waals surface area contributed by atoms with Crippen LogP contribution >= 0.6 is 0 Å². The molecule has 1 unspecified atom stereocenters. The molecule has 114 valence electrons. The lowest BCUT2D eigenvalue weighted by Crippen LogP contribution is -2.48. The molecule has 1 aliphatic heterocycles. The van der Waals surface area contributed by atoms with E-state index < -0.39 is 12.0 Å². The van der Waals surface area contributed by atoms with Crippen molar-refractivity contribution in [2.24, 2.45) is 5.73 Å². The van der Waals surface area contributed by atoms with Crippen molar-refractivity contribution in [1.82, 2.24) is 16.0 Å². The highest BCUT2D eigenvalue weighted by Crippen LogP contribution is 2.08. The molecule has 0 saturated carbocycles. The second kappa shape index (κ2) is 7.66. The number of rotatable bonds is 8. The monoisotopic (exact) mass is 290 g/mol. The number of carboxylic acid groups (broad SMARTS) is 1. The van der Waals surface area contributed by atoms with E-state index in [0.717, 1.165) is 11.3 Å². The van der Waals surface area contributed by atoms with Crippen LogP contribution in [0.2, 0.25) is 0 Å². The number of aliphatic carboxylic acids is 1. The van der Waals surface area contributed by atoms with Crippen LogP contribution in [0.3, 0.4) is 0 Å². The zero-order valence-electron chi connectivity index (χ0n) is 11.9. The summed E-state index contributed by atoms with van der Waals surface area (Å²) in [6, 6.07) is 9.22. The number of nitrogens with one attached hydrogen (secondary N) is 3. The van der Waals surface area contributed by atoms with Gasteiger partial charge in [0.25, 0.3) is 0 Å². The van der Waals surface area contributed by atoms with Gasteiger partial charge in [-0.25, -0.2) is 0 Å². The molecule has 1 aliphatic rings. The second-order valence-corrected chi connectivity index (χ2v) is 5.11. The van der Waals surface area contributed by atoms with Crippen molar-refractivity contribution in [1.29, 1.82) is 0 Å². The van der Waals surface area contributed by atoms with Crippen molar-refractivity contribution in [3.8, 4) is 0 Å². The Balaban J connectivity index is 1.94. The van der Waals surface area contributed by atoms with Crippen molar-refractivity contribution >= 4 is 5.97 Å². The molecule has 1 aromatic carbocycles. The number of benzene rings is 1. The second-order valence-electron chi connectivity index (χ2n) is 5.11. The first-order valence-corrected chi connectivity index (χ1v) is 7.08. The summed E-state index contributed by atoms with van der Waals surface area (Å²) in [7, 11) is 0. The summed E-state index contributed by atoms with van der Waals surface area (Å²) in [5.74, 6) is -0.865. The summed E-state index contributed by atoms with van der Waals surface area (Å²) in [6.45, 7) is 1.04. The molecular formula is C15H22N4O2. The van der Waals surface area contributed by atoms with Gasteiger partial charge in [-0.05, 0) is 12.0 Å². The maximum absolute atomic E-state index is 11.4. The average molecular weight is 290 g/mol. The Labute approximate surface area is 124 Å². The van der Waals surface area contributed by atoms with E-state index in [9.17, 15) is 9.90 Å². The van der Waals surface area contributed by atoms with E-state index >= 15 is 0 Å². The smallest absolute Gasteiger partial charge is 0.321 e. The molecule has 6 N–H and O–H groups in total. The van der Waals surface area contributed by atoms with E-state index in [4.69, 9.17) is 5.73 Å². The Morgan fingerprint density at radius 3 is 2.67 bits per heavy atom. The topological polar surface area (TPSA) is 99.4 Å². The van der Waals surface area contributed by atoms with E-state index in [1.54, 1.807) is 0 Å². The molecule has 6 heteroatoms. The van der Waals surface area contributed by atoms with Crippen LogP contribution in [-0.4, -0.2) is 36.4 Å². The molecule has 0 aromatic heterocycles. The molecule has 0 amide bonds. The van der Waals surface area contributed by atoms with Crippen molar-refractivity contribution < 1.29 is 9.90 Å². The summed E-state index contributed by atoms with van der Waals surface area (Å²) in [4.78, 5) is 11.4. The van der Waals surface area contributed by atoms with E-state index in [-0.39, 0.29) is 6.04 Å². The average Bonchev–Trinajstić information content (AvgIpc) is 2.99.